The van der Waals surface area contributed by atoms with Crippen molar-refractivity contribution >= 4 is 22.1 Å². The molecule has 5 heteroatoms. The van der Waals surface area contributed by atoms with Gasteiger partial charge in [-0.25, -0.2) is 0 Å². The number of phenolic OH excluding ortho intramolecular Hbond substituents is 1. The van der Waals surface area contributed by atoms with E-state index in [0.717, 1.165) is 5.56 Å². The van der Waals surface area contributed by atoms with E-state index in [9.17, 15) is 5.11 Å². The number of methoxy groups -OCH3 is 1. The van der Waals surface area contributed by atoms with Gasteiger partial charge in [-0.05, 0) is 66.7 Å². The van der Waals surface area contributed by atoms with Crippen LogP contribution in [0.3, 0.4) is 0 Å². The third-order valence-electron chi connectivity index (χ3n) is 3.76. The third kappa shape index (κ3) is 3.26. The van der Waals surface area contributed by atoms with Crippen LogP contribution in [0.5, 0.6) is 11.5 Å². The second-order valence-corrected chi connectivity index (χ2v) is 6.16. The van der Waals surface area contributed by atoms with E-state index in [2.05, 4.69) is 39.9 Å². The summed E-state index contributed by atoms with van der Waals surface area (Å²) in [4.78, 5) is 0. The first-order valence-corrected chi connectivity index (χ1v) is 7.71. The predicted octanol–water partition coefficient (Wildman–Crippen LogP) is 3.76. The second kappa shape index (κ2) is 6.48. The highest BCUT2D eigenvalue weighted by atomic mass is 79.9. The highest BCUT2D eigenvalue weighted by Gasteiger charge is 2.22. The second-order valence-electron chi connectivity index (χ2n) is 5.31. The van der Waals surface area contributed by atoms with Gasteiger partial charge in [0.1, 0.15) is 0 Å². The Hall–Kier alpha value is -1.23. The average Bonchev–Trinajstić information content (AvgIpc) is 2.42. The maximum absolute atomic E-state index is 9.80. The largest absolute Gasteiger partial charge is 0.503 e. The number of hydrogen-bond acceptors (Lipinski definition) is 4. The maximum atomic E-state index is 9.80. The van der Waals surface area contributed by atoms with Gasteiger partial charge < -0.3 is 9.84 Å². The van der Waals surface area contributed by atoms with Crippen molar-refractivity contribution in [1.82, 2.24) is 5.01 Å². The lowest BCUT2D eigenvalue weighted by molar-refractivity contribution is 0.109. The normalized spacial score (nSPS) is 23.3. The molecule has 20 heavy (non-hydrogen) atoms. The molecule has 1 aromatic rings. The van der Waals surface area contributed by atoms with Gasteiger partial charge in [-0.2, -0.15) is 5.10 Å². The molecular weight excluding hydrogens is 320 g/mol. The molecule has 1 fully saturated rings. The van der Waals surface area contributed by atoms with E-state index in [1.165, 1.54) is 26.4 Å². The summed E-state index contributed by atoms with van der Waals surface area (Å²) in [6, 6.07) is 4.55. The van der Waals surface area contributed by atoms with E-state index in [-0.39, 0.29) is 5.75 Å². The van der Waals surface area contributed by atoms with Crippen molar-refractivity contribution in [2.24, 2.45) is 5.10 Å². The van der Waals surface area contributed by atoms with E-state index < -0.39 is 0 Å². The van der Waals surface area contributed by atoms with Gasteiger partial charge in [0.15, 0.2) is 11.5 Å². The highest BCUT2D eigenvalue weighted by Crippen LogP contribution is 2.34. The maximum Gasteiger partial charge on any atom is 0.172 e. The Morgan fingerprint density at radius 2 is 2.00 bits per heavy atom. The number of ether oxygens (including phenoxy) is 1. The van der Waals surface area contributed by atoms with E-state index in [4.69, 9.17) is 4.74 Å². The monoisotopic (exact) mass is 340 g/mol. The fourth-order valence-electron chi connectivity index (χ4n) is 2.59. The Kier molecular flexibility index (Phi) is 4.91. The summed E-state index contributed by atoms with van der Waals surface area (Å²) < 4.78 is 5.75. The number of hydrazone groups is 1. The van der Waals surface area contributed by atoms with Crippen molar-refractivity contribution in [2.75, 3.05) is 7.11 Å². The van der Waals surface area contributed by atoms with Crippen molar-refractivity contribution < 1.29 is 9.84 Å². The molecule has 0 saturated carbocycles. The van der Waals surface area contributed by atoms with Gasteiger partial charge in [0.05, 0.1) is 17.8 Å². The molecule has 1 heterocycles. The molecule has 1 N–H and O–H groups in total. The Morgan fingerprint density at radius 3 is 2.60 bits per heavy atom. The number of benzene rings is 1. The van der Waals surface area contributed by atoms with Crippen molar-refractivity contribution in [3.8, 4) is 11.5 Å². The fraction of sp³-hybridized carbons (Fsp3) is 0.533. The number of hydrogen-bond donors (Lipinski definition) is 1. The van der Waals surface area contributed by atoms with Crippen LogP contribution < -0.4 is 4.74 Å². The van der Waals surface area contributed by atoms with Crippen LogP contribution in [-0.2, 0) is 0 Å². The smallest absolute Gasteiger partial charge is 0.172 e. The van der Waals surface area contributed by atoms with Crippen molar-refractivity contribution in [1.29, 1.82) is 0 Å². The summed E-state index contributed by atoms with van der Waals surface area (Å²) in [5.74, 6) is 0.560. The van der Waals surface area contributed by atoms with Crippen LogP contribution >= 0.6 is 15.9 Å². The fourth-order valence-corrected chi connectivity index (χ4v) is 3.05. The topological polar surface area (TPSA) is 45.1 Å². The van der Waals surface area contributed by atoms with Gasteiger partial charge in [-0.15, -0.1) is 0 Å². The Balaban J connectivity index is 2.20. The van der Waals surface area contributed by atoms with Gasteiger partial charge in [0.2, 0.25) is 0 Å². The SMILES string of the molecule is COc1cc(/C=N/N2[C@@H](C)CCC[C@@H]2C)cc(Br)c1O. The zero-order valence-corrected chi connectivity index (χ0v) is 13.7. The number of aromatic hydroxyl groups is 1. The van der Waals surface area contributed by atoms with Gasteiger partial charge in [-0.1, -0.05) is 0 Å². The summed E-state index contributed by atoms with van der Waals surface area (Å²) in [7, 11) is 1.54. The lowest BCUT2D eigenvalue weighted by Gasteiger charge is -2.36. The van der Waals surface area contributed by atoms with Gasteiger partial charge in [0.25, 0.3) is 0 Å². The van der Waals surface area contributed by atoms with Crippen molar-refractivity contribution in [3.63, 3.8) is 0 Å². The standard InChI is InChI=1S/C15H21BrN2O2/c1-10-5-4-6-11(2)18(10)17-9-12-7-13(16)15(19)14(8-12)20-3/h7-11,19H,4-6H2,1-3H3/b17-9+/t10-,11-/m0/s1. The molecule has 4 nitrogen and oxygen atoms in total. The lowest BCUT2D eigenvalue weighted by Crippen LogP contribution is -2.39. The van der Waals surface area contributed by atoms with E-state index in [1.54, 1.807) is 6.07 Å². The Bertz CT molecular complexity index is 495. The number of nitrogens with zero attached hydrogens (tertiary/aromatic N) is 2. The zero-order valence-electron chi connectivity index (χ0n) is 12.1. The van der Waals surface area contributed by atoms with Crippen LogP contribution in [0.25, 0.3) is 0 Å². The minimum atomic E-state index is 0.115. The van der Waals surface area contributed by atoms with Gasteiger partial charge in [0, 0.05) is 12.1 Å². The number of piperidine rings is 1. The van der Waals surface area contributed by atoms with Crippen LogP contribution in [0.15, 0.2) is 21.7 Å². The summed E-state index contributed by atoms with van der Waals surface area (Å²) >= 11 is 3.32. The molecule has 1 saturated heterocycles. The van der Waals surface area contributed by atoms with Gasteiger partial charge >= 0.3 is 0 Å². The molecule has 1 aliphatic rings. The highest BCUT2D eigenvalue weighted by molar-refractivity contribution is 9.10. The molecule has 0 radical (unpaired) electrons. The summed E-state index contributed by atoms with van der Waals surface area (Å²) in [6.45, 7) is 4.42. The van der Waals surface area contributed by atoms with Crippen molar-refractivity contribution in [2.45, 2.75) is 45.2 Å². The molecular formula is C15H21BrN2O2. The predicted molar refractivity (Wildman–Crippen MR) is 84.6 cm³/mol. The summed E-state index contributed by atoms with van der Waals surface area (Å²) in [5.41, 5.74) is 0.900. The van der Waals surface area contributed by atoms with E-state index in [0.29, 0.717) is 22.3 Å². The first-order valence-electron chi connectivity index (χ1n) is 6.91. The first-order chi connectivity index (χ1) is 9.52. The minimum absolute atomic E-state index is 0.115. The average molecular weight is 341 g/mol. The number of phenols is 1. The molecule has 0 unspecified atom stereocenters. The molecule has 2 atom stereocenters. The molecule has 0 aliphatic carbocycles. The molecule has 0 bridgehead atoms. The van der Waals surface area contributed by atoms with Crippen LogP contribution in [-0.4, -0.2) is 35.5 Å². The number of rotatable bonds is 3. The molecule has 0 amide bonds. The first kappa shape index (κ1) is 15.2. The molecule has 2 rings (SSSR count). The number of halogens is 1. The minimum Gasteiger partial charge on any atom is -0.503 e. The third-order valence-corrected chi connectivity index (χ3v) is 4.36. The van der Waals surface area contributed by atoms with Crippen LogP contribution in [0.1, 0.15) is 38.7 Å². The molecule has 1 aliphatic heterocycles. The molecule has 0 spiro atoms. The van der Waals surface area contributed by atoms with E-state index >= 15 is 0 Å². The van der Waals surface area contributed by atoms with Crippen LogP contribution in [0.4, 0.5) is 0 Å². The van der Waals surface area contributed by atoms with Gasteiger partial charge in [-0.3, -0.25) is 5.01 Å². The van der Waals surface area contributed by atoms with E-state index in [1.807, 2.05) is 12.3 Å². The molecule has 1 aromatic carbocycles. The lowest BCUT2D eigenvalue weighted by atomic mass is 10.00. The Labute approximate surface area is 128 Å². The van der Waals surface area contributed by atoms with Crippen LogP contribution in [0.2, 0.25) is 0 Å². The quantitative estimate of drug-likeness (QED) is 0.852. The summed E-state index contributed by atoms with van der Waals surface area (Å²) in [6.07, 6.45) is 5.46. The van der Waals surface area contributed by atoms with Crippen LogP contribution in [0, 0.1) is 0 Å². The molecule has 110 valence electrons. The summed E-state index contributed by atoms with van der Waals surface area (Å²) in [5, 5.41) is 16.6. The van der Waals surface area contributed by atoms with Crippen molar-refractivity contribution in [3.05, 3.63) is 22.2 Å². The Morgan fingerprint density at radius 1 is 1.35 bits per heavy atom. The zero-order chi connectivity index (χ0) is 14.7. The molecule has 0 aromatic heterocycles.